The number of ketones is 1. The Morgan fingerprint density at radius 3 is 2.30 bits per heavy atom. The van der Waals surface area contributed by atoms with Crippen LogP contribution in [0.2, 0.25) is 0 Å². The summed E-state index contributed by atoms with van der Waals surface area (Å²) in [6.45, 7) is 29.1. The highest BCUT2D eigenvalue weighted by Gasteiger charge is 2.69. The van der Waals surface area contributed by atoms with E-state index in [0.29, 0.717) is 38.0 Å². The molecular formula is C47H75NO5. The maximum atomic E-state index is 14.8. The van der Waals surface area contributed by atoms with Crippen LogP contribution in [0.25, 0.3) is 0 Å². The molecule has 8 unspecified atom stereocenters. The van der Waals surface area contributed by atoms with E-state index in [2.05, 4.69) is 93.3 Å². The Balaban J connectivity index is 1.66. The molecule has 6 heteroatoms. The Morgan fingerprint density at radius 1 is 1.02 bits per heavy atom. The number of hydrogen-bond acceptors (Lipinski definition) is 4. The lowest BCUT2D eigenvalue weighted by Gasteiger charge is -2.69. The lowest BCUT2D eigenvalue weighted by molar-refractivity contribution is -0.203. The van der Waals surface area contributed by atoms with Gasteiger partial charge in [-0.1, -0.05) is 112 Å². The fraction of sp³-hybridized carbons (Fsp3) is 0.766. The predicted molar refractivity (Wildman–Crippen MR) is 217 cm³/mol. The van der Waals surface area contributed by atoms with Crippen LogP contribution >= 0.6 is 0 Å². The minimum atomic E-state index is -1.01. The van der Waals surface area contributed by atoms with Crippen LogP contribution in [0.15, 0.2) is 48.1 Å². The predicted octanol–water partition coefficient (Wildman–Crippen LogP) is 10.8. The van der Waals surface area contributed by atoms with E-state index in [1.165, 1.54) is 5.57 Å². The van der Waals surface area contributed by atoms with Gasteiger partial charge in [0.05, 0.1) is 6.10 Å². The Morgan fingerprint density at radius 2 is 1.70 bits per heavy atom. The molecule has 0 radical (unpaired) electrons. The molecule has 0 aromatic heterocycles. The van der Waals surface area contributed by atoms with Gasteiger partial charge in [-0.2, -0.15) is 0 Å². The maximum absolute atomic E-state index is 14.8. The number of rotatable bonds is 13. The molecule has 298 valence electrons. The van der Waals surface area contributed by atoms with E-state index >= 15 is 0 Å². The monoisotopic (exact) mass is 734 g/mol. The molecule has 3 fully saturated rings. The topological polar surface area (TPSA) is 104 Å². The van der Waals surface area contributed by atoms with Crippen LogP contribution in [0.3, 0.4) is 0 Å². The highest BCUT2D eigenvalue weighted by atomic mass is 16.4. The van der Waals surface area contributed by atoms with E-state index in [0.717, 1.165) is 56.9 Å². The van der Waals surface area contributed by atoms with Gasteiger partial charge in [-0.15, -0.1) is 6.58 Å². The fourth-order valence-electron chi connectivity index (χ4n) is 12.3. The summed E-state index contributed by atoms with van der Waals surface area (Å²) in [5.41, 5.74) is 1.09. The van der Waals surface area contributed by atoms with Crippen LogP contribution < -0.4 is 5.32 Å². The molecule has 0 saturated heterocycles. The van der Waals surface area contributed by atoms with Crippen LogP contribution in [0, 0.1) is 56.2 Å². The van der Waals surface area contributed by atoms with Crippen molar-refractivity contribution in [1.82, 2.24) is 5.32 Å². The van der Waals surface area contributed by atoms with Gasteiger partial charge >= 0.3 is 5.97 Å². The number of aliphatic hydroxyl groups excluding tert-OH is 1. The highest BCUT2D eigenvalue weighted by molar-refractivity contribution is 5.95. The summed E-state index contributed by atoms with van der Waals surface area (Å²) in [4.78, 5) is 41.3. The van der Waals surface area contributed by atoms with Gasteiger partial charge in [-0.05, 0) is 134 Å². The Hall–Kier alpha value is -2.47. The van der Waals surface area contributed by atoms with Crippen LogP contribution in [-0.4, -0.2) is 40.0 Å². The summed E-state index contributed by atoms with van der Waals surface area (Å²) in [6, 6.07) is -0.972. The number of nitrogens with one attached hydrogen (secondary N) is 1. The van der Waals surface area contributed by atoms with Gasteiger partial charge in [0.25, 0.3) is 0 Å². The first-order valence-corrected chi connectivity index (χ1v) is 21.0. The van der Waals surface area contributed by atoms with Gasteiger partial charge in [0, 0.05) is 11.8 Å². The van der Waals surface area contributed by atoms with Crippen LogP contribution in [-0.2, 0) is 14.4 Å². The SMILES string of the molecule is C=CC/C(=C\C=C/CC)CCC(NC(=O)C(CC)CC1(C)CC2=CC(=O)C3C4(C)CCC(O)C(C)(C)C4CCC3(C)[C@]2(C)[C@@H](C)CCC1(C)C)C(=O)O. The van der Waals surface area contributed by atoms with Crippen molar-refractivity contribution in [2.45, 2.75) is 172 Å². The standard InChI is InChI=1S/C47H75NO5/c1-13-16-17-19-32(18-14-2)20-21-35(41(52)53)48-40(51)33(15-3)29-44(9)30-34-28-36(49)39-45(10)26-24-38(50)43(7,8)37(45)23-27-46(39,11)47(34,12)31(4)22-25-42(44,5)6/h14,16-17,19,28,31,33,35,37-39,50H,2,13,15,18,20-27,29-30H2,1,3-12H3,(H,48,51)(H,52,53)/b17-16-,32-19+/t31-,33?,35?,37?,38?,39?,44?,45?,46?,47+/m0/s1. The third kappa shape index (κ3) is 7.70. The Kier molecular flexibility index (Phi) is 13.0. The van der Waals surface area contributed by atoms with Gasteiger partial charge < -0.3 is 15.5 Å². The summed E-state index contributed by atoms with van der Waals surface area (Å²) in [5, 5.41) is 24.3. The van der Waals surface area contributed by atoms with Crippen molar-refractivity contribution in [3.05, 3.63) is 48.1 Å². The van der Waals surface area contributed by atoms with Gasteiger partial charge in [0.1, 0.15) is 6.04 Å². The van der Waals surface area contributed by atoms with E-state index in [-0.39, 0.29) is 68.0 Å². The molecule has 4 aliphatic rings. The molecule has 0 bridgehead atoms. The quantitative estimate of drug-likeness (QED) is 0.129. The number of hydrogen-bond donors (Lipinski definition) is 3. The Labute approximate surface area is 322 Å². The van der Waals surface area contributed by atoms with Crippen molar-refractivity contribution in [2.24, 2.45) is 56.2 Å². The van der Waals surface area contributed by atoms with Crippen LogP contribution in [0.4, 0.5) is 0 Å². The number of carbonyl (C=O) groups excluding carboxylic acids is 2. The maximum Gasteiger partial charge on any atom is 0.326 e. The molecule has 1 amide bonds. The second-order valence-corrected chi connectivity index (χ2v) is 20.1. The molecule has 53 heavy (non-hydrogen) atoms. The number of fused-ring (bicyclic) bond motifs is 5. The van der Waals surface area contributed by atoms with Crippen molar-refractivity contribution >= 4 is 17.7 Å². The molecule has 3 N–H and O–H groups in total. The van der Waals surface area contributed by atoms with Crippen molar-refractivity contribution in [1.29, 1.82) is 0 Å². The normalized spacial score (nSPS) is 37.9. The average molecular weight is 734 g/mol. The summed E-state index contributed by atoms with van der Waals surface area (Å²) >= 11 is 0. The molecule has 10 atom stereocenters. The zero-order chi connectivity index (χ0) is 39.8. The van der Waals surface area contributed by atoms with Gasteiger partial charge in [0.2, 0.25) is 5.91 Å². The van der Waals surface area contributed by atoms with Crippen LogP contribution in [0.5, 0.6) is 0 Å². The number of carboxylic acid groups (broad SMARTS) is 1. The van der Waals surface area contributed by atoms with Crippen molar-refractivity contribution in [2.75, 3.05) is 0 Å². The molecule has 0 aliphatic heterocycles. The largest absolute Gasteiger partial charge is 0.480 e. The molecule has 4 aliphatic carbocycles. The van der Waals surface area contributed by atoms with Crippen molar-refractivity contribution in [3.8, 4) is 0 Å². The molecule has 4 rings (SSSR count). The van der Waals surface area contributed by atoms with Gasteiger partial charge in [-0.3, -0.25) is 9.59 Å². The first-order valence-electron chi connectivity index (χ1n) is 21.0. The first-order chi connectivity index (χ1) is 24.6. The summed E-state index contributed by atoms with van der Waals surface area (Å²) in [7, 11) is 0. The lowest BCUT2D eigenvalue weighted by atomic mass is 9.34. The highest BCUT2D eigenvalue weighted by Crippen LogP contribution is 2.73. The molecule has 0 heterocycles. The van der Waals surface area contributed by atoms with Gasteiger partial charge in [-0.25, -0.2) is 4.79 Å². The number of carbonyl (C=O) groups is 3. The molecule has 3 saturated carbocycles. The third-order valence-corrected chi connectivity index (χ3v) is 16.7. The first kappa shape index (κ1) is 43.3. The molecule has 0 spiro atoms. The van der Waals surface area contributed by atoms with Crippen LogP contribution in [0.1, 0.15) is 160 Å². The molecular weight excluding hydrogens is 659 g/mol. The van der Waals surface area contributed by atoms with Gasteiger partial charge in [0.15, 0.2) is 5.78 Å². The second-order valence-electron chi connectivity index (χ2n) is 20.1. The summed E-state index contributed by atoms with van der Waals surface area (Å²) in [6.07, 6.45) is 19.8. The second kappa shape index (κ2) is 15.9. The zero-order valence-corrected chi connectivity index (χ0v) is 35.4. The third-order valence-electron chi connectivity index (χ3n) is 16.7. The lowest BCUT2D eigenvalue weighted by Crippen LogP contribution is -2.66. The number of aliphatic carboxylic acids is 1. The number of carboxylic acids is 1. The van der Waals surface area contributed by atoms with E-state index in [9.17, 15) is 24.6 Å². The van der Waals surface area contributed by atoms with Crippen molar-refractivity contribution < 1.29 is 24.6 Å². The molecule has 0 aromatic carbocycles. The number of allylic oxidation sites excluding steroid dienone is 7. The van der Waals surface area contributed by atoms with E-state index < -0.39 is 12.0 Å². The minimum absolute atomic E-state index is 0.0953. The summed E-state index contributed by atoms with van der Waals surface area (Å²) < 4.78 is 0. The van der Waals surface area contributed by atoms with E-state index in [1.54, 1.807) is 0 Å². The fourth-order valence-corrected chi connectivity index (χ4v) is 12.3. The van der Waals surface area contributed by atoms with Crippen molar-refractivity contribution in [3.63, 3.8) is 0 Å². The number of aliphatic hydroxyl groups is 1. The minimum Gasteiger partial charge on any atom is -0.480 e. The number of amides is 1. The average Bonchev–Trinajstić information content (AvgIpc) is 3.07. The summed E-state index contributed by atoms with van der Waals surface area (Å²) in [5.74, 6) is -0.727. The van der Waals surface area contributed by atoms with E-state index in [1.807, 2.05) is 25.2 Å². The molecule has 0 aromatic rings. The smallest absolute Gasteiger partial charge is 0.326 e. The zero-order valence-electron chi connectivity index (χ0n) is 35.4. The molecule has 6 nitrogen and oxygen atoms in total. The Bertz CT molecular complexity index is 1480. The van der Waals surface area contributed by atoms with E-state index in [4.69, 9.17) is 0 Å².